The highest BCUT2D eigenvalue weighted by molar-refractivity contribution is 6.20. The van der Waals surface area contributed by atoms with Crippen molar-refractivity contribution >= 4 is 29.2 Å². The number of hydrogen-bond donors (Lipinski definition) is 2. The Morgan fingerprint density at radius 1 is 1.29 bits per heavy atom. The highest BCUT2D eigenvalue weighted by Crippen LogP contribution is 2.43. The van der Waals surface area contributed by atoms with Gasteiger partial charge in [-0.25, -0.2) is 4.79 Å². The van der Waals surface area contributed by atoms with Crippen LogP contribution in [0.1, 0.15) is 19.4 Å². The summed E-state index contributed by atoms with van der Waals surface area (Å²) in [5, 5.41) is 15.3. The largest absolute Gasteiger partial charge is 0.367 e. The molecule has 4 amide bonds. The van der Waals surface area contributed by atoms with Gasteiger partial charge in [-0.05, 0) is 25.5 Å². The smallest absolute Gasteiger partial charge is 0.328 e. The minimum absolute atomic E-state index is 0.00731. The number of non-ortho nitro benzene ring substituents is 1. The standard InChI is InChI=1S/C15H16N4O5/c1-3-18-8(2)15(12(20)16-14(22)17-13(15)21)7-9-6-10(19(23)24)4-5-11(9)18/h4-6,8H,3,7H2,1-2H3,(H2,16,17,20,21,22)/t8-/m0/s1. The Bertz CT molecular complexity index is 755. The van der Waals surface area contributed by atoms with Gasteiger partial charge in [-0.3, -0.25) is 30.3 Å². The van der Waals surface area contributed by atoms with Crippen LogP contribution in [0.25, 0.3) is 0 Å². The van der Waals surface area contributed by atoms with Gasteiger partial charge in [0, 0.05) is 36.8 Å². The molecule has 0 unspecified atom stereocenters. The summed E-state index contributed by atoms with van der Waals surface area (Å²) in [4.78, 5) is 48.8. The van der Waals surface area contributed by atoms with Crippen LogP contribution in [0.3, 0.4) is 0 Å². The summed E-state index contributed by atoms with van der Waals surface area (Å²) in [7, 11) is 0. The van der Waals surface area contributed by atoms with Crippen molar-refractivity contribution < 1.29 is 19.3 Å². The lowest BCUT2D eigenvalue weighted by atomic mass is 9.69. The zero-order valence-corrected chi connectivity index (χ0v) is 13.2. The number of nitrogens with one attached hydrogen (secondary N) is 2. The van der Waals surface area contributed by atoms with Crippen molar-refractivity contribution in [1.82, 2.24) is 10.6 Å². The van der Waals surface area contributed by atoms with E-state index in [1.54, 1.807) is 13.0 Å². The van der Waals surface area contributed by atoms with Crippen LogP contribution < -0.4 is 15.5 Å². The van der Waals surface area contributed by atoms with Crippen molar-refractivity contribution in [2.45, 2.75) is 26.3 Å². The minimum atomic E-state index is -1.51. The first-order valence-electron chi connectivity index (χ1n) is 7.52. The number of nitrogens with zero attached hydrogens (tertiary/aromatic N) is 2. The number of barbiturate groups is 1. The van der Waals surface area contributed by atoms with Gasteiger partial charge in [-0.1, -0.05) is 0 Å². The molecule has 0 aliphatic carbocycles. The summed E-state index contributed by atoms with van der Waals surface area (Å²) in [6.45, 7) is 4.11. The lowest BCUT2D eigenvalue weighted by Crippen LogP contribution is -2.70. The Kier molecular flexibility index (Phi) is 3.51. The molecule has 24 heavy (non-hydrogen) atoms. The molecule has 1 aromatic rings. The highest BCUT2D eigenvalue weighted by atomic mass is 16.6. The van der Waals surface area contributed by atoms with E-state index in [9.17, 15) is 24.5 Å². The average Bonchev–Trinajstić information content (AvgIpc) is 2.52. The van der Waals surface area contributed by atoms with Gasteiger partial charge in [-0.15, -0.1) is 0 Å². The summed E-state index contributed by atoms with van der Waals surface area (Å²) < 4.78 is 0. The van der Waals surface area contributed by atoms with Crippen molar-refractivity contribution in [3.8, 4) is 0 Å². The number of nitro groups is 1. The number of carbonyl (C=O) groups is 3. The van der Waals surface area contributed by atoms with Crippen LogP contribution in [0, 0.1) is 15.5 Å². The molecule has 126 valence electrons. The molecule has 2 N–H and O–H groups in total. The quantitative estimate of drug-likeness (QED) is 0.467. The number of urea groups is 1. The summed E-state index contributed by atoms with van der Waals surface area (Å²) in [6, 6.07) is 3.05. The summed E-state index contributed by atoms with van der Waals surface area (Å²) in [6.07, 6.45) is -0.00731. The third kappa shape index (κ3) is 2.04. The lowest BCUT2D eigenvalue weighted by molar-refractivity contribution is -0.384. The van der Waals surface area contributed by atoms with E-state index >= 15 is 0 Å². The van der Waals surface area contributed by atoms with Crippen LogP contribution in [0.2, 0.25) is 0 Å². The van der Waals surface area contributed by atoms with Gasteiger partial charge in [0.1, 0.15) is 0 Å². The number of anilines is 1. The Hall–Kier alpha value is -2.97. The van der Waals surface area contributed by atoms with Gasteiger partial charge >= 0.3 is 6.03 Å². The maximum atomic E-state index is 12.5. The molecule has 1 fully saturated rings. The third-order valence-electron chi connectivity index (χ3n) is 4.84. The number of benzene rings is 1. The molecule has 9 nitrogen and oxygen atoms in total. The molecule has 0 radical (unpaired) electrons. The van der Waals surface area contributed by atoms with Gasteiger partial charge in [0.15, 0.2) is 5.41 Å². The average molecular weight is 332 g/mol. The molecular weight excluding hydrogens is 316 g/mol. The molecule has 2 heterocycles. The zero-order valence-electron chi connectivity index (χ0n) is 13.2. The van der Waals surface area contributed by atoms with Gasteiger partial charge in [0.05, 0.1) is 4.92 Å². The summed E-state index contributed by atoms with van der Waals surface area (Å²) in [5.41, 5.74) is -0.337. The van der Waals surface area contributed by atoms with E-state index < -0.39 is 34.2 Å². The summed E-state index contributed by atoms with van der Waals surface area (Å²) >= 11 is 0. The Balaban J connectivity index is 2.16. The van der Waals surface area contributed by atoms with Gasteiger partial charge in [-0.2, -0.15) is 0 Å². The van der Waals surface area contributed by atoms with E-state index in [1.807, 2.05) is 11.8 Å². The van der Waals surface area contributed by atoms with E-state index in [0.29, 0.717) is 12.1 Å². The summed E-state index contributed by atoms with van der Waals surface area (Å²) in [5.74, 6) is -1.36. The van der Waals surface area contributed by atoms with E-state index in [2.05, 4.69) is 10.6 Å². The minimum Gasteiger partial charge on any atom is -0.367 e. The molecule has 1 saturated heterocycles. The first-order valence-corrected chi connectivity index (χ1v) is 7.52. The van der Waals surface area contributed by atoms with Crippen molar-refractivity contribution in [2.24, 2.45) is 5.41 Å². The monoisotopic (exact) mass is 332 g/mol. The van der Waals surface area contributed by atoms with Gasteiger partial charge in [0.2, 0.25) is 11.8 Å². The Morgan fingerprint density at radius 2 is 1.92 bits per heavy atom. The highest BCUT2D eigenvalue weighted by Gasteiger charge is 2.58. The molecule has 2 aliphatic rings. The van der Waals surface area contributed by atoms with Crippen LogP contribution in [0.4, 0.5) is 16.2 Å². The number of rotatable bonds is 2. The van der Waals surface area contributed by atoms with Crippen LogP contribution in [0.15, 0.2) is 18.2 Å². The predicted molar refractivity (Wildman–Crippen MR) is 83.4 cm³/mol. The first kappa shape index (κ1) is 15.9. The zero-order chi connectivity index (χ0) is 17.6. The number of imide groups is 2. The van der Waals surface area contributed by atoms with Crippen molar-refractivity contribution in [3.05, 3.63) is 33.9 Å². The van der Waals surface area contributed by atoms with E-state index in [0.717, 1.165) is 5.69 Å². The maximum Gasteiger partial charge on any atom is 0.328 e. The van der Waals surface area contributed by atoms with Crippen molar-refractivity contribution in [3.63, 3.8) is 0 Å². The van der Waals surface area contributed by atoms with E-state index in [-0.39, 0.29) is 12.1 Å². The molecule has 2 aliphatic heterocycles. The predicted octanol–water partition coefficient (Wildman–Crippen LogP) is 0.718. The second-order valence-corrected chi connectivity index (χ2v) is 5.92. The molecule has 0 bridgehead atoms. The van der Waals surface area contributed by atoms with Crippen LogP contribution >= 0.6 is 0 Å². The first-order chi connectivity index (χ1) is 11.3. The molecule has 3 rings (SSSR count). The number of carbonyl (C=O) groups excluding carboxylic acids is 3. The molecule has 1 atom stereocenters. The fourth-order valence-corrected chi connectivity index (χ4v) is 3.58. The van der Waals surface area contributed by atoms with E-state index in [1.165, 1.54) is 12.1 Å². The normalized spacial score (nSPS) is 22.0. The van der Waals surface area contributed by atoms with Crippen molar-refractivity contribution in [2.75, 3.05) is 11.4 Å². The third-order valence-corrected chi connectivity index (χ3v) is 4.84. The van der Waals surface area contributed by atoms with Crippen LogP contribution in [-0.4, -0.2) is 35.4 Å². The molecule has 1 aromatic carbocycles. The van der Waals surface area contributed by atoms with Crippen LogP contribution in [-0.2, 0) is 16.0 Å². The maximum absolute atomic E-state index is 12.5. The molecule has 1 spiro atoms. The molecule has 9 heteroatoms. The molecular formula is C15H16N4O5. The fourth-order valence-electron chi connectivity index (χ4n) is 3.58. The molecule has 0 saturated carbocycles. The van der Waals surface area contributed by atoms with Gasteiger partial charge in [0.25, 0.3) is 5.69 Å². The van der Waals surface area contributed by atoms with E-state index in [4.69, 9.17) is 0 Å². The topological polar surface area (TPSA) is 122 Å². The lowest BCUT2D eigenvalue weighted by Gasteiger charge is -2.48. The Morgan fingerprint density at radius 3 is 2.46 bits per heavy atom. The van der Waals surface area contributed by atoms with Gasteiger partial charge < -0.3 is 4.90 Å². The second kappa shape index (κ2) is 5.29. The number of amides is 4. The number of hydrogen-bond acceptors (Lipinski definition) is 6. The fraction of sp³-hybridized carbons (Fsp3) is 0.400. The SMILES string of the molecule is CCN1c2ccc([N+](=O)[O-])cc2CC2(C(=O)NC(=O)NC2=O)[C@@H]1C. The number of nitro benzene ring substituents is 1. The second-order valence-electron chi connectivity index (χ2n) is 5.92. The number of fused-ring (bicyclic) bond motifs is 1. The van der Waals surface area contributed by atoms with Crippen LogP contribution in [0.5, 0.6) is 0 Å². The Labute approximate surface area is 137 Å². The van der Waals surface area contributed by atoms with Crippen molar-refractivity contribution in [1.29, 1.82) is 0 Å². The molecule has 0 aromatic heterocycles.